The fraction of sp³-hybridized carbons (Fsp3) is 0.357. The van der Waals surface area contributed by atoms with Gasteiger partial charge in [0.2, 0.25) is 0 Å². The third-order valence-corrected chi connectivity index (χ3v) is 3.57. The van der Waals surface area contributed by atoms with E-state index in [2.05, 4.69) is 4.74 Å². The van der Waals surface area contributed by atoms with Crippen LogP contribution in [0.1, 0.15) is 34.3 Å². The zero-order chi connectivity index (χ0) is 15.3. The monoisotopic (exact) mass is 292 g/mol. The summed E-state index contributed by atoms with van der Waals surface area (Å²) in [7, 11) is 1.12. The number of ether oxygens (including phenoxy) is 3. The number of carbonyl (C=O) groups is 3. The second kappa shape index (κ2) is 4.47. The molecule has 21 heavy (non-hydrogen) atoms. The normalized spacial score (nSPS) is 22.1. The maximum atomic E-state index is 11.9. The van der Waals surface area contributed by atoms with E-state index in [1.54, 1.807) is 0 Å². The summed E-state index contributed by atoms with van der Waals surface area (Å²) in [6.45, 7) is 1.82. The summed E-state index contributed by atoms with van der Waals surface area (Å²) in [4.78, 5) is 35.1. The molecule has 0 radical (unpaired) electrons. The van der Waals surface area contributed by atoms with Crippen LogP contribution < -0.4 is 9.47 Å². The molecule has 2 heterocycles. The van der Waals surface area contributed by atoms with Gasteiger partial charge in [-0.25, -0.2) is 4.79 Å². The van der Waals surface area contributed by atoms with Crippen molar-refractivity contribution < 1.29 is 33.7 Å². The lowest BCUT2D eigenvalue weighted by Crippen LogP contribution is -2.22. The molecule has 0 fully saturated rings. The van der Waals surface area contributed by atoms with Crippen LogP contribution in [0.5, 0.6) is 11.5 Å². The fourth-order valence-electron chi connectivity index (χ4n) is 2.72. The Balaban J connectivity index is 2.25. The van der Waals surface area contributed by atoms with Crippen LogP contribution in [0.3, 0.4) is 0 Å². The van der Waals surface area contributed by atoms with Gasteiger partial charge in [-0.1, -0.05) is 0 Å². The van der Waals surface area contributed by atoms with E-state index in [-0.39, 0.29) is 23.0 Å². The first-order chi connectivity index (χ1) is 9.93. The molecule has 0 saturated heterocycles. The summed E-state index contributed by atoms with van der Waals surface area (Å²) in [6.07, 6.45) is 0.368. The minimum Gasteiger partial charge on any atom is -0.486 e. The Hall–Kier alpha value is -2.57. The van der Waals surface area contributed by atoms with Gasteiger partial charge in [-0.2, -0.15) is 0 Å². The first-order valence-corrected chi connectivity index (χ1v) is 6.33. The highest BCUT2D eigenvalue weighted by Crippen LogP contribution is 2.49. The molecule has 0 amide bonds. The van der Waals surface area contributed by atoms with Crippen molar-refractivity contribution in [3.05, 3.63) is 22.8 Å². The summed E-state index contributed by atoms with van der Waals surface area (Å²) in [5, 5.41) is 9.34. The van der Waals surface area contributed by atoms with Crippen LogP contribution in [0.4, 0.5) is 0 Å². The number of aromatic carboxylic acids is 1. The third-order valence-electron chi connectivity index (χ3n) is 3.57. The highest BCUT2D eigenvalue weighted by molar-refractivity contribution is 6.09. The lowest BCUT2D eigenvalue weighted by Gasteiger charge is -2.10. The summed E-state index contributed by atoms with van der Waals surface area (Å²) in [5.74, 6) is -3.97. The SMILES string of the molecule is COC(=O)C1C(=O)Oc2c3c(cc(C(=O)O)c21)CC(C)O3. The second-order valence-corrected chi connectivity index (χ2v) is 4.97. The number of fused-ring (bicyclic) bond motifs is 3. The largest absolute Gasteiger partial charge is 0.486 e. The van der Waals surface area contributed by atoms with E-state index >= 15 is 0 Å². The van der Waals surface area contributed by atoms with Crippen molar-refractivity contribution in [1.82, 2.24) is 0 Å². The standard InChI is InChI=1S/C14H12O7/c1-5-3-6-4-7(12(15)16)8-9(13(17)19-2)14(18)21-11(8)10(6)20-5/h4-5,9H,3H2,1-2H3,(H,15,16). The van der Waals surface area contributed by atoms with Crippen molar-refractivity contribution >= 4 is 17.9 Å². The maximum absolute atomic E-state index is 11.9. The van der Waals surface area contributed by atoms with E-state index in [9.17, 15) is 19.5 Å². The molecule has 110 valence electrons. The molecule has 0 aromatic heterocycles. The quantitative estimate of drug-likeness (QED) is 0.490. The average Bonchev–Trinajstić information content (AvgIpc) is 2.95. The first-order valence-electron chi connectivity index (χ1n) is 6.33. The lowest BCUT2D eigenvalue weighted by molar-refractivity contribution is -0.149. The van der Waals surface area contributed by atoms with Crippen LogP contribution in [-0.2, 0) is 20.7 Å². The average molecular weight is 292 g/mol. The van der Waals surface area contributed by atoms with Crippen molar-refractivity contribution in [2.75, 3.05) is 7.11 Å². The van der Waals surface area contributed by atoms with Crippen LogP contribution in [0.2, 0.25) is 0 Å². The number of hydrogen-bond acceptors (Lipinski definition) is 6. The molecule has 0 spiro atoms. The number of rotatable bonds is 2. The number of esters is 2. The van der Waals surface area contributed by atoms with Crippen molar-refractivity contribution in [3.63, 3.8) is 0 Å². The Morgan fingerprint density at radius 1 is 1.38 bits per heavy atom. The topological polar surface area (TPSA) is 99.1 Å². The molecule has 0 aliphatic carbocycles. The van der Waals surface area contributed by atoms with Gasteiger partial charge in [0.1, 0.15) is 6.10 Å². The van der Waals surface area contributed by atoms with Crippen LogP contribution in [0.15, 0.2) is 6.07 Å². The predicted octanol–water partition coefficient (Wildman–Crippen LogP) is 0.884. The smallest absolute Gasteiger partial charge is 0.336 e. The van der Waals surface area contributed by atoms with E-state index < -0.39 is 23.8 Å². The molecule has 1 N–H and O–H groups in total. The van der Waals surface area contributed by atoms with Gasteiger partial charge in [0.25, 0.3) is 0 Å². The molecule has 1 aromatic carbocycles. The van der Waals surface area contributed by atoms with Crippen molar-refractivity contribution in [3.8, 4) is 11.5 Å². The Kier molecular flexibility index (Phi) is 2.86. The van der Waals surface area contributed by atoms with Gasteiger partial charge >= 0.3 is 17.9 Å². The van der Waals surface area contributed by atoms with Crippen LogP contribution in [-0.4, -0.2) is 36.2 Å². The molecule has 0 bridgehead atoms. The molecular formula is C14H12O7. The van der Waals surface area contributed by atoms with Gasteiger partial charge in [0.05, 0.1) is 12.7 Å². The minimum atomic E-state index is -1.39. The highest BCUT2D eigenvalue weighted by atomic mass is 16.6. The Morgan fingerprint density at radius 3 is 2.71 bits per heavy atom. The Labute approximate surface area is 119 Å². The molecule has 2 aliphatic rings. The van der Waals surface area contributed by atoms with Gasteiger partial charge in [0, 0.05) is 17.5 Å². The molecule has 2 atom stereocenters. The predicted molar refractivity (Wildman–Crippen MR) is 67.6 cm³/mol. The highest BCUT2D eigenvalue weighted by Gasteiger charge is 2.46. The van der Waals surface area contributed by atoms with Crippen LogP contribution in [0.25, 0.3) is 0 Å². The molecule has 0 saturated carbocycles. The van der Waals surface area contributed by atoms with Gasteiger partial charge in [-0.15, -0.1) is 0 Å². The minimum absolute atomic E-state index is 0.00667. The molecule has 2 unspecified atom stereocenters. The Bertz CT molecular complexity index is 676. The number of hydrogen-bond donors (Lipinski definition) is 1. The summed E-state index contributed by atoms with van der Waals surface area (Å²) in [5.41, 5.74) is 0.520. The van der Waals surface area contributed by atoms with Gasteiger partial charge in [-0.3, -0.25) is 9.59 Å². The van der Waals surface area contributed by atoms with E-state index in [1.165, 1.54) is 6.07 Å². The molecule has 2 aliphatic heterocycles. The number of methoxy groups -OCH3 is 1. The molecule has 3 rings (SSSR count). The Morgan fingerprint density at radius 2 is 2.10 bits per heavy atom. The zero-order valence-electron chi connectivity index (χ0n) is 11.3. The van der Waals surface area contributed by atoms with Crippen molar-refractivity contribution in [2.24, 2.45) is 0 Å². The van der Waals surface area contributed by atoms with Crippen molar-refractivity contribution in [1.29, 1.82) is 0 Å². The number of carbonyl (C=O) groups excluding carboxylic acids is 2. The summed E-state index contributed by atoms with van der Waals surface area (Å²) < 4.78 is 15.2. The van der Waals surface area contributed by atoms with E-state index in [1.807, 2.05) is 6.92 Å². The third kappa shape index (κ3) is 1.84. The van der Waals surface area contributed by atoms with Crippen molar-refractivity contribution in [2.45, 2.75) is 25.4 Å². The van der Waals surface area contributed by atoms with Gasteiger partial charge in [-0.05, 0) is 13.0 Å². The zero-order valence-corrected chi connectivity index (χ0v) is 11.3. The van der Waals surface area contributed by atoms with Gasteiger partial charge in [0.15, 0.2) is 17.4 Å². The molecular weight excluding hydrogens is 280 g/mol. The van der Waals surface area contributed by atoms with E-state index in [4.69, 9.17) is 9.47 Å². The van der Waals surface area contributed by atoms with E-state index in [0.717, 1.165) is 7.11 Å². The summed E-state index contributed by atoms with van der Waals surface area (Å²) in [6, 6.07) is 1.43. The number of benzene rings is 1. The summed E-state index contributed by atoms with van der Waals surface area (Å²) >= 11 is 0. The molecule has 1 aromatic rings. The van der Waals surface area contributed by atoms with Gasteiger partial charge < -0.3 is 19.3 Å². The lowest BCUT2D eigenvalue weighted by atomic mass is 9.92. The first kappa shape index (κ1) is 13.4. The van der Waals surface area contributed by atoms with Crippen LogP contribution >= 0.6 is 0 Å². The number of carboxylic acids is 1. The maximum Gasteiger partial charge on any atom is 0.336 e. The number of carboxylic acid groups (broad SMARTS) is 1. The van der Waals surface area contributed by atoms with E-state index in [0.29, 0.717) is 17.7 Å². The molecule has 7 heteroatoms. The molecule has 7 nitrogen and oxygen atoms in total. The van der Waals surface area contributed by atoms with Crippen LogP contribution in [0, 0.1) is 0 Å². The second-order valence-electron chi connectivity index (χ2n) is 4.97. The fourth-order valence-corrected chi connectivity index (χ4v) is 2.72.